The topological polar surface area (TPSA) is 187 Å². The van der Waals surface area contributed by atoms with Crippen molar-refractivity contribution in [2.45, 2.75) is 84.9 Å². The number of nitrogens with one attached hydrogen (secondary N) is 2. The van der Waals surface area contributed by atoms with Crippen molar-refractivity contribution < 1.29 is 33.4 Å². The van der Waals surface area contributed by atoms with Crippen LogP contribution in [0.1, 0.15) is 102 Å². The number of hydrogen-bond acceptors (Lipinski definition) is 12. The summed E-state index contributed by atoms with van der Waals surface area (Å²) in [5, 5.41) is 14.7. The molecule has 5 heterocycles. The molecule has 2 saturated heterocycles. The molecule has 0 radical (unpaired) electrons. The highest BCUT2D eigenvalue weighted by molar-refractivity contribution is 6.23. The van der Waals surface area contributed by atoms with Gasteiger partial charge in [0.25, 0.3) is 17.7 Å². The number of piperidine rings is 1. The molecule has 0 spiro atoms. The molecule has 0 bridgehead atoms. The van der Waals surface area contributed by atoms with Gasteiger partial charge in [0, 0.05) is 61.7 Å². The summed E-state index contributed by atoms with van der Waals surface area (Å²) in [5.41, 5.74) is 1.33. The Morgan fingerprint density at radius 3 is 2.36 bits per heavy atom. The molecule has 1 aliphatic carbocycles. The number of nitriles is 1. The van der Waals surface area contributed by atoms with Crippen molar-refractivity contribution in [2.24, 2.45) is 10.8 Å². The van der Waals surface area contributed by atoms with E-state index in [2.05, 4.69) is 64.2 Å². The molecule has 2 N–H and O–H groups in total. The van der Waals surface area contributed by atoms with Crippen LogP contribution >= 0.6 is 0 Å². The minimum atomic E-state index is -0.998. The van der Waals surface area contributed by atoms with Crippen molar-refractivity contribution >= 4 is 35.4 Å². The first-order valence-corrected chi connectivity index (χ1v) is 20.0. The number of aryl methyl sites for hydroxylation is 1. The molecule has 7 rings (SSSR count). The minimum Gasteiger partial charge on any atom is -0.494 e. The lowest BCUT2D eigenvalue weighted by molar-refractivity contribution is -0.165. The van der Waals surface area contributed by atoms with E-state index in [4.69, 9.17) is 9.47 Å². The number of hydrogen-bond donors (Lipinski definition) is 2. The number of amides is 5. The lowest BCUT2D eigenvalue weighted by Crippen LogP contribution is -2.74. The second-order valence-corrected chi connectivity index (χ2v) is 16.7. The molecule has 4 aliphatic rings. The number of unbranched alkanes of at least 4 members (excludes halogenated alkanes) is 2. The maximum atomic E-state index is 13.4. The molecule has 304 valence electrons. The quantitative estimate of drug-likeness (QED) is 0.187. The van der Waals surface area contributed by atoms with E-state index in [1.807, 2.05) is 12.1 Å². The van der Waals surface area contributed by atoms with Crippen molar-refractivity contribution in [1.29, 1.82) is 5.26 Å². The third-order valence-electron chi connectivity index (χ3n) is 12.0. The molecule has 3 fully saturated rings. The Bertz CT molecular complexity index is 2140. The van der Waals surface area contributed by atoms with Crippen LogP contribution in [0.5, 0.6) is 11.6 Å². The van der Waals surface area contributed by atoms with E-state index < -0.39 is 29.7 Å². The zero-order chi connectivity index (χ0) is 41.4. The van der Waals surface area contributed by atoms with Crippen LogP contribution in [0.2, 0.25) is 0 Å². The fraction of sp³-hybridized carbons (Fsp3) is 0.488. The molecule has 15 nitrogen and oxygen atoms in total. The number of benzene rings is 1. The van der Waals surface area contributed by atoms with Crippen LogP contribution in [0.25, 0.3) is 0 Å². The fourth-order valence-electron chi connectivity index (χ4n) is 9.11. The highest BCUT2D eigenvalue weighted by atomic mass is 16.5. The smallest absolute Gasteiger partial charge is 0.262 e. The number of rotatable bonds is 13. The summed E-state index contributed by atoms with van der Waals surface area (Å²) in [7, 11) is 0. The van der Waals surface area contributed by atoms with E-state index in [0.29, 0.717) is 35.1 Å². The van der Waals surface area contributed by atoms with E-state index in [0.717, 1.165) is 62.7 Å². The van der Waals surface area contributed by atoms with Crippen LogP contribution in [0.15, 0.2) is 48.7 Å². The van der Waals surface area contributed by atoms with E-state index >= 15 is 0 Å². The number of nitrogens with zero attached hydrogens (tertiary/aromatic N) is 6. The number of carbonyl (C=O) groups excluding carboxylic acids is 5. The van der Waals surface area contributed by atoms with Gasteiger partial charge < -0.3 is 19.7 Å². The summed E-state index contributed by atoms with van der Waals surface area (Å²) in [4.78, 5) is 78.0. The van der Waals surface area contributed by atoms with Crippen molar-refractivity contribution in [1.82, 2.24) is 30.4 Å². The molecule has 1 unspecified atom stereocenters. The molecule has 2 aromatic heterocycles. The van der Waals surface area contributed by atoms with E-state index in [9.17, 15) is 29.2 Å². The molecule has 1 saturated carbocycles. The van der Waals surface area contributed by atoms with E-state index in [-0.39, 0.29) is 52.9 Å². The molecule has 3 aromatic rings. The Balaban J connectivity index is 0.807. The van der Waals surface area contributed by atoms with Crippen molar-refractivity contribution in [2.75, 3.05) is 44.2 Å². The number of carbonyl (C=O) groups is 5. The van der Waals surface area contributed by atoms with Crippen molar-refractivity contribution in [3.63, 3.8) is 0 Å². The standard InChI is InChI=1S/C43H50N8O7/c1-26-27(24-44)10-16-35(46-26)58-41-42(2,3)40(43(41,4)5)48-36(53)28-9-14-33(45-25-28)50-20-18-49(19-21-50)17-7-6-8-22-57-29-11-12-30-31(23-29)39(56)51(38(30)55)32-13-15-34(52)47-37(32)54/h9-12,14,16,23,25,32,40-41H,6-8,13,15,17-22H2,1-5H3,(H,48,53)(H,47,52,54). The minimum absolute atomic E-state index is 0.0732. The maximum absolute atomic E-state index is 13.4. The molecule has 3 aliphatic heterocycles. The zero-order valence-electron chi connectivity index (χ0n) is 33.7. The molecular weight excluding hydrogens is 741 g/mol. The van der Waals surface area contributed by atoms with Crippen LogP contribution in [0, 0.1) is 29.1 Å². The van der Waals surface area contributed by atoms with Gasteiger partial charge in [-0.2, -0.15) is 5.26 Å². The summed E-state index contributed by atoms with van der Waals surface area (Å²) in [5.74, 6) is -0.507. The second kappa shape index (κ2) is 16.2. The van der Waals surface area contributed by atoms with Gasteiger partial charge >= 0.3 is 0 Å². The fourth-order valence-corrected chi connectivity index (χ4v) is 9.11. The Hall–Kier alpha value is -5.88. The van der Waals surface area contributed by atoms with E-state index in [1.54, 1.807) is 43.5 Å². The molecular formula is C43H50N8O7. The molecule has 1 atom stereocenters. The van der Waals surface area contributed by atoms with Crippen LogP contribution < -0.4 is 25.0 Å². The predicted octanol–water partition coefficient (Wildman–Crippen LogP) is 4.04. The summed E-state index contributed by atoms with van der Waals surface area (Å²) in [6.45, 7) is 15.0. The SMILES string of the molecule is Cc1nc(OC2C(C)(C)C(NC(=O)c3ccc(N4CCN(CCCCCOc5ccc6c(c5)C(=O)N(C5CCC(=O)NC5=O)C6=O)CC4)nc3)C2(C)C)ccc1C#N. The van der Waals surface area contributed by atoms with Gasteiger partial charge in [-0.25, -0.2) is 9.97 Å². The normalized spacial score (nSPS) is 22.4. The van der Waals surface area contributed by atoms with Gasteiger partial charge in [0.15, 0.2) is 0 Å². The van der Waals surface area contributed by atoms with Crippen LogP contribution in [-0.4, -0.2) is 107 Å². The van der Waals surface area contributed by atoms with Gasteiger partial charge in [0.2, 0.25) is 17.7 Å². The van der Waals surface area contributed by atoms with Gasteiger partial charge in [-0.05, 0) is 75.5 Å². The van der Waals surface area contributed by atoms with Gasteiger partial charge in [0.1, 0.15) is 29.8 Å². The van der Waals surface area contributed by atoms with Crippen molar-refractivity contribution in [3.05, 3.63) is 76.6 Å². The number of anilines is 1. The molecule has 58 heavy (non-hydrogen) atoms. The maximum Gasteiger partial charge on any atom is 0.262 e. The molecule has 5 amide bonds. The summed E-state index contributed by atoms with van der Waals surface area (Å²) >= 11 is 0. The number of ether oxygens (including phenoxy) is 2. The summed E-state index contributed by atoms with van der Waals surface area (Å²) < 4.78 is 12.2. The molecule has 1 aromatic carbocycles. The third-order valence-corrected chi connectivity index (χ3v) is 12.0. The van der Waals surface area contributed by atoms with Gasteiger partial charge in [-0.15, -0.1) is 0 Å². The van der Waals surface area contributed by atoms with E-state index in [1.165, 1.54) is 0 Å². The van der Waals surface area contributed by atoms with Gasteiger partial charge in [-0.3, -0.25) is 39.1 Å². The van der Waals surface area contributed by atoms with Gasteiger partial charge in [-0.1, -0.05) is 27.7 Å². The highest BCUT2D eigenvalue weighted by Gasteiger charge is 2.64. The Morgan fingerprint density at radius 1 is 0.948 bits per heavy atom. The first kappa shape index (κ1) is 40.3. The summed E-state index contributed by atoms with van der Waals surface area (Å²) in [6, 6.07) is 12.9. The predicted molar refractivity (Wildman–Crippen MR) is 212 cm³/mol. The first-order chi connectivity index (χ1) is 27.7. The number of pyridine rings is 2. The van der Waals surface area contributed by atoms with Crippen LogP contribution in [0.4, 0.5) is 5.82 Å². The highest BCUT2D eigenvalue weighted by Crippen LogP contribution is 2.55. The Labute approximate surface area is 338 Å². The first-order valence-electron chi connectivity index (χ1n) is 20.0. The average Bonchev–Trinajstić information content (AvgIpc) is 3.45. The number of imide groups is 2. The third kappa shape index (κ3) is 7.85. The zero-order valence-corrected chi connectivity index (χ0v) is 33.7. The Kier molecular flexibility index (Phi) is 11.2. The van der Waals surface area contributed by atoms with Gasteiger partial charge in [0.05, 0.1) is 34.6 Å². The largest absolute Gasteiger partial charge is 0.494 e. The number of piperazine rings is 1. The second-order valence-electron chi connectivity index (χ2n) is 16.7. The van der Waals surface area contributed by atoms with Crippen LogP contribution in [0.3, 0.4) is 0 Å². The summed E-state index contributed by atoms with van der Waals surface area (Å²) in [6.07, 6.45) is 4.44. The number of aromatic nitrogens is 2. The Morgan fingerprint density at radius 2 is 1.69 bits per heavy atom. The lowest BCUT2D eigenvalue weighted by atomic mass is 9.49. The molecule has 15 heteroatoms. The average molecular weight is 791 g/mol. The lowest BCUT2D eigenvalue weighted by Gasteiger charge is -2.62. The van der Waals surface area contributed by atoms with Crippen molar-refractivity contribution in [3.8, 4) is 17.7 Å². The monoisotopic (exact) mass is 790 g/mol. The number of fused-ring (bicyclic) bond motifs is 1. The van der Waals surface area contributed by atoms with Crippen LogP contribution in [-0.2, 0) is 9.59 Å².